The lowest BCUT2D eigenvalue weighted by molar-refractivity contribution is -0.129. The summed E-state index contributed by atoms with van der Waals surface area (Å²) in [5.41, 5.74) is 0.933. The van der Waals surface area contributed by atoms with Crippen LogP contribution in [0.15, 0.2) is 42.5 Å². The summed E-state index contributed by atoms with van der Waals surface area (Å²) in [6.07, 6.45) is 0.699. The van der Waals surface area contributed by atoms with Gasteiger partial charge in [-0.15, -0.1) is 0 Å². The Morgan fingerprint density at radius 3 is 2.59 bits per heavy atom. The normalized spacial score (nSPS) is 18.8. The zero-order valence-electron chi connectivity index (χ0n) is 12.1. The van der Waals surface area contributed by atoms with Gasteiger partial charge in [0.05, 0.1) is 11.7 Å². The minimum absolute atomic E-state index is 0.0542. The lowest BCUT2D eigenvalue weighted by Crippen LogP contribution is -2.35. The maximum absolute atomic E-state index is 12.3. The van der Waals surface area contributed by atoms with Crippen LogP contribution in [0.2, 0.25) is 0 Å². The van der Waals surface area contributed by atoms with Gasteiger partial charge in [-0.1, -0.05) is 42.5 Å². The summed E-state index contributed by atoms with van der Waals surface area (Å²) in [6.45, 7) is 0.652. The second-order valence-corrected chi connectivity index (χ2v) is 7.54. The number of primary sulfonamides is 1. The van der Waals surface area contributed by atoms with E-state index in [1.54, 1.807) is 4.90 Å². The van der Waals surface area contributed by atoms with E-state index in [-0.39, 0.29) is 18.9 Å². The fourth-order valence-corrected chi connectivity index (χ4v) is 3.68. The van der Waals surface area contributed by atoms with E-state index >= 15 is 0 Å². The van der Waals surface area contributed by atoms with Gasteiger partial charge in [-0.05, 0) is 22.8 Å². The van der Waals surface area contributed by atoms with Crippen LogP contribution in [0.4, 0.5) is 0 Å². The number of hydrogen-bond donors (Lipinski definition) is 1. The molecule has 1 saturated heterocycles. The Bertz CT molecular complexity index is 817. The molecule has 0 bridgehead atoms. The fraction of sp³-hybridized carbons (Fsp3) is 0.312. The summed E-state index contributed by atoms with van der Waals surface area (Å²) in [5, 5.41) is 6.75. The van der Waals surface area contributed by atoms with Crippen LogP contribution in [0.25, 0.3) is 10.8 Å². The van der Waals surface area contributed by atoms with Crippen molar-refractivity contribution in [2.45, 2.75) is 18.1 Å². The Labute approximate surface area is 129 Å². The first-order valence-electron chi connectivity index (χ1n) is 7.20. The largest absolute Gasteiger partial charge is 0.341 e. The van der Waals surface area contributed by atoms with Crippen LogP contribution >= 0.6 is 0 Å². The van der Waals surface area contributed by atoms with E-state index in [9.17, 15) is 13.2 Å². The molecule has 1 amide bonds. The highest BCUT2D eigenvalue weighted by Gasteiger charge is 2.32. The van der Waals surface area contributed by atoms with Gasteiger partial charge in [0.2, 0.25) is 15.9 Å². The van der Waals surface area contributed by atoms with Crippen molar-refractivity contribution in [3.63, 3.8) is 0 Å². The van der Waals surface area contributed by atoms with Crippen LogP contribution in [0.5, 0.6) is 0 Å². The van der Waals surface area contributed by atoms with E-state index in [1.165, 1.54) is 0 Å². The minimum atomic E-state index is -3.56. The Morgan fingerprint density at radius 1 is 1.18 bits per heavy atom. The maximum Gasteiger partial charge on any atom is 0.227 e. The van der Waals surface area contributed by atoms with Crippen molar-refractivity contribution in [1.29, 1.82) is 0 Å². The number of fused-ring (bicyclic) bond motifs is 1. The van der Waals surface area contributed by atoms with Gasteiger partial charge in [-0.3, -0.25) is 4.79 Å². The predicted molar refractivity (Wildman–Crippen MR) is 85.7 cm³/mol. The molecule has 3 rings (SSSR count). The first-order valence-corrected chi connectivity index (χ1v) is 8.81. The SMILES string of the molecule is NS(=O)(=O)C1CCN(C(=O)Cc2ccc3ccccc3c2)C1. The summed E-state index contributed by atoms with van der Waals surface area (Å²) in [4.78, 5) is 13.9. The first kappa shape index (κ1) is 15.0. The zero-order valence-corrected chi connectivity index (χ0v) is 12.9. The lowest BCUT2D eigenvalue weighted by Gasteiger charge is -2.16. The standard InChI is InChI=1S/C16H18N2O3S/c17-22(20,21)15-7-8-18(11-15)16(19)10-12-5-6-13-3-1-2-4-14(13)9-12/h1-6,9,15H,7-8,10-11H2,(H2,17,20,21). The van der Waals surface area contributed by atoms with Crippen LogP contribution in [0, 0.1) is 0 Å². The molecule has 2 N–H and O–H groups in total. The van der Waals surface area contributed by atoms with Gasteiger partial charge in [-0.25, -0.2) is 13.6 Å². The van der Waals surface area contributed by atoms with Crippen LogP contribution in [0.3, 0.4) is 0 Å². The van der Waals surface area contributed by atoms with Crippen molar-refractivity contribution in [3.05, 3.63) is 48.0 Å². The molecule has 5 nitrogen and oxygen atoms in total. The van der Waals surface area contributed by atoms with E-state index in [1.807, 2.05) is 42.5 Å². The molecule has 1 aliphatic heterocycles. The van der Waals surface area contributed by atoms with E-state index in [0.29, 0.717) is 13.0 Å². The third kappa shape index (κ3) is 3.13. The number of carbonyl (C=O) groups is 1. The molecular weight excluding hydrogens is 300 g/mol. The number of amides is 1. The number of benzene rings is 2. The molecule has 2 aromatic rings. The third-order valence-electron chi connectivity index (χ3n) is 4.13. The van der Waals surface area contributed by atoms with Crippen LogP contribution in [0.1, 0.15) is 12.0 Å². The second-order valence-electron chi connectivity index (χ2n) is 5.70. The van der Waals surface area contributed by atoms with E-state index < -0.39 is 15.3 Å². The average molecular weight is 318 g/mol. The number of nitrogens with zero attached hydrogens (tertiary/aromatic N) is 1. The molecule has 6 heteroatoms. The summed E-state index contributed by atoms with van der Waals surface area (Å²) in [6, 6.07) is 13.9. The fourth-order valence-electron chi connectivity index (χ4n) is 2.86. The van der Waals surface area contributed by atoms with E-state index in [0.717, 1.165) is 16.3 Å². The smallest absolute Gasteiger partial charge is 0.227 e. The number of nitrogens with two attached hydrogens (primary N) is 1. The van der Waals surface area contributed by atoms with Crippen molar-refractivity contribution in [2.75, 3.05) is 13.1 Å². The molecule has 116 valence electrons. The molecule has 1 aliphatic rings. The molecule has 0 aliphatic carbocycles. The molecule has 1 atom stereocenters. The molecule has 2 aromatic carbocycles. The zero-order chi connectivity index (χ0) is 15.7. The van der Waals surface area contributed by atoms with Gasteiger partial charge in [0.25, 0.3) is 0 Å². The maximum atomic E-state index is 12.3. The predicted octanol–water partition coefficient (Wildman–Crippen LogP) is 1.27. The molecule has 22 heavy (non-hydrogen) atoms. The van der Waals surface area contributed by atoms with Crippen LogP contribution in [-0.2, 0) is 21.2 Å². The number of rotatable bonds is 3. The quantitative estimate of drug-likeness (QED) is 0.925. The monoisotopic (exact) mass is 318 g/mol. The van der Waals surface area contributed by atoms with Gasteiger partial charge < -0.3 is 4.90 Å². The molecule has 1 unspecified atom stereocenters. The number of carbonyl (C=O) groups excluding carboxylic acids is 1. The van der Waals surface area contributed by atoms with Crippen LogP contribution < -0.4 is 5.14 Å². The van der Waals surface area contributed by atoms with E-state index in [2.05, 4.69) is 0 Å². The molecule has 0 saturated carbocycles. The lowest BCUT2D eigenvalue weighted by atomic mass is 10.0. The van der Waals surface area contributed by atoms with Crippen LogP contribution in [-0.4, -0.2) is 37.6 Å². The summed E-state index contributed by atoms with van der Waals surface area (Å²) in [7, 11) is -3.56. The van der Waals surface area contributed by atoms with Crippen molar-refractivity contribution in [3.8, 4) is 0 Å². The Kier molecular flexibility index (Phi) is 3.88. The number of hydrogen-bond acceptors (Lipinski definition) is 3. The molecule has 0 spiro atoms. The van der Waals surface area contributed by atoms with Gasteiger partial charge >= 0.3 is 0 Å². The molecule has 0 aromatic heterocycles. The van der Waals surface area contributed by atoms with Gasteiger partial charge in [0, 0.05) is 13.1 Å². The Hall–Kier alpha value is -1.92. The van der Waals surface area contributed by atoms with Gasteiger partial charge in [-0.2, -0.15) is 0 Å². The minimum Gasteiger partial charge on any atom is -0.341 e. The molecule has 1 fully saturated rings. The highest BCUT2D eigenvalue weighted by atomic mass is 32.2. The Balaban J connectivity index is 1.71. The molecule has 1 heterocycles. The van der Waals surface area contributed by atoms with E-state index in [4.69, 9.17) is 5.14 Å². The second kappa shape index (κ2) is 5.70. The first-order chi connectivity index (χ1) is 10.4. The topological polar surface area (TPSA) is 80.5 Å². The third-order valence-corrected chi connectivity index (χ3v) is 5.45. The highest BCUT2D eigenvalue weighted by Crippen LogP contribution is 2.19. The number of sulfonamides is 1. The highest BCUT2D eigenvalue weighted by molar-refractivity contribution is 7.89. The van der Waals surface area contributed by atoms with Crippen molar-refractivity contribution >= 4 is 26.7 Å². The average Bonchev–Trinajstić information content (AvgIpc) is 2.97. The summed E-state index contributed by atoms with van der Waals surface area (Å²) < 4.78 is 22.7. The summed E-state index contributed by atoms with van der Waals surface area (Å²) >= 11 is 0. The number of likely N-dealkylation sites (tertiary alicyclic amines) is 1. The van der Waals surface area contributed by atoms with Gasteiger partial charge in [0.1, 0.15) is 0 Å². The Morgan fingerprint density at radius 2 is 1.91 bits per heavy atom. The molecular formula is C16H18N2O3S. The van der Waals surface area contributed by atoms with Gasteiger partial charge in [0.15, 0.2) is 0 Å². The van der Waals surface area contributed by atoms with Crippen molar-refractivity contribution in [2.24, 2.45) is 5.14 Å². The van der Waals surface area contributed by atoms with Crippen molar-refractivity contribution < 1.29 is 13.2 Å². The van der Waals surface area contributed by atoms with Crippen molar-refractivity contribution in [1.82, 2.24) is 4.90 Å². The molecule has 0 radical (unpaired) electrons. The summed E-state index contributed by atoms with van der Waals surface area (Å²) in [5.74, 6) is -0.0542.